The second kappa shape index (κ2) is 4.68. The summed E-state index contributed by atoms with van der Waals surface area (Å²) in [5.41, 5.74) is 0.375. The van der Waals surface area contributed by atoms with Crippen molar-refractivity contribution in [3.8, 4) is 0 Å². The van der Waals surface area contributed by atoms with Crippen LogP contribution in [0.1, 0.15) is 65.6 Å². The molecule has 1 amide bonds. The average molecular weight is 288 g/mol. The summed E-state index contributed by atoms with van der Waals surface area (Å²) in [6.07, 6.45) is 4.00. The number of rotatable bonds is 3. The molecule has 1 atom stereocenters. The van der Waals surface area contributed by atoms with Crippen molar-refractivity contribution in [3.05, 3.63) is 29.2 Å². The number of nitrogens with zero attached hydrogens (tertiary/aromatic N) is 4. The molecule has 110 valence electrons. The predicted molar refractivity (Wildman–Crippen MR) is 70.5 cm³/mol. The van der Waals surface area contributed by atoms with Crippen LogP contribution in [0.3, 0.4) is 0 Å². The number of carbonyl (C=O) groups excluding carboxylic acids is 1. The van der Waals surface area contributed by atoms with Crippen molar-refractivity contribution in [2.75, 3.05) is 6.54 Å². The van der Waals surface area contributed by atoms with Crippen LogP contribution in [0.15, 0.2) is 15.1 Å². The molecule has 0 N–H and O–H groups in total. The van der Waals surface area contributed by atoms with Crippen LogP contribution in [0.5, 0.6) is 0 Å². The Bertz CT molecular complexity index is 673. The summed E-state index contributed by atoms with van der Waals surface area (Å²) in [5, 5.41) is 7.73. The van der Waals surface area contributed by atoms with Crippen molar-refractivity contribution in [3.63, 3.8) is 0 Å². The minimum Gasteiger partial charge on any atom is -0.360 e. The van der Waals surface area contributed by atoms with E-state index in [1.165, 1.54) is 0 Å². The maximum Gasteiger partial charge on any atom is 0.276 e. The van der Waals surface area contributed by atoms with Crippen molar-refractivity contribution < 1.29 is 13.8 Å². The molecule has 2 fully saturated rings. The van der Waals surface area contributed by atoms with Gasteiger partial charge in [-0.25, -0.2) is 0 Å². The molecule has 1 saturated heterocycles. The van der Waals surface area contributed by atoms with E-state index in [9.17, 15) is 4.79 Å². The van der Waals surface area contributed by atoms with Crippen LogP contribution in [-0.4, -0.2) is 32.6 Å². The fraction of sp³-hybridized carbons (Fsp3) is 0.571. The summed E-state index contributed by atoms with van der Waals surface area (Å²) in [6, 6.07) is 1.62. The molecule has 0 spiro atoms. The fourth-order valence-electron chi connectivity index (χ4n) is 2.81. The minimum atomic E-state index is -0.153. The van der Waals surface area contributed by atoms with Crippen molar-refractivity contribution in [1.82, 2.24) is 20.2 Å². The fourth-order valence-corrected chi connectivity index (χ4v) is 2.81. The van der Waals surface area contributed by atoms with E-state index in [0.29, 0.717) is 29.9 Å². The number of carbonyl (C=O) groups is 1. The molecule has 21 heavy (non-hydrogen) atoms. The van der Waals surface area contributed by atoms with Crippen LogP contribution in [-0.2, 0) is 0 Å². The molecule has 4 rings (SSSR count). The Kier molecular flexibility index (Phi) is 2.80. The van der Waals surface area contributed by atoms with Gasteiger partial charge < -0.3 is 13.9 Å². The average Bonchev–Trinajstić information content (AvgIpc) is 2.94. The smallest absolute Gasteiger partial charge is 0.276 e. The Labute approximate surface area is 121 Å². The summed E-state index contributed by atoms with van der Waals surface area (Å²) < 4.78 is 10.5. The second-order valence-electron chi connectivity index (χ2n) is 5.73. The van der Waals surface area contributed by atoms with Gasteiger partial charge in [0, 0.05) is 18.5 Å². The highest BCUT2D eigenvalue weighted by atomic mass is 16.5. The van der Waals surface area contributed by atoms with Gasteiger partial charge in [-0.3, -0.25) is 4.79 Å². The number of aryl methyl sites for hydroxylation is 1. The van der Waals surface area contributed by atoms with E-state index in [-0.39, 0.29) is 11.9 Å². The summed E-state index contributed by atoms with van der Waals surface area (Å²) in [5.74, 6) is 2.24. The lowest BCUT2D eigenvalue weighted by Crippen LogP contribution is -2.31. The van der Waals surface area contributed by atoms with Gasteiger partial charge in [-0.2, -0.15) is 4.98 Å². The van der Waals surface area contributed by atoms with Gasteiger partial charge in [0.25, 0.3) is 5.91 Å². The van der Waals surface area contributed by atoms with Crippen LogP contribution in [0.25, 0.3) is 0 Å². The zero-order valence-corrected chi connectivity index (χ0v) is 11.8. The molecule has 2 aromatic rings. The molecule has 7 nitrogen and oxygen atoms in total. The SMILES string of the molecule is Cc1noc(C2CCCN2C(=O)c2cc(C3CC3)on2)n1. The van der Waals surface area contributed by atoms with Gasteiger partial charge in [-0.15, -0.1) is 0 Å². The molecule has 3 heterocycles. The summed E-state index contributed by atoms with van der Waals surface area (Å²) in [4.78, 5) is 18.6. The molecule has 1 aliphatic carbocycles. The van der Waals surface area contributed by atoms with Gasteiger partial charge in [0.1, 0.15) is 11.8 Å². The Morgan fingerprint density at radius 2 is 2.14 bits per heavy atom. The van der Waals surface area contributed by atoms with Crippen molar-refractivity contribution in [1.29, 1.82) is 0 Å². The highest BCUT2D eigenvalue weighted by Crippen LogP contribution is 2.40. The lowest BCUT2D eigenvalue weighted by atomic mass is 10.2. The van der Waals surface area contributed by atoms with Gasteiger partial charge in [-0.05, 0) is 32.6 Å². The van der Waals surface area contributed by atoms with E-state index in [1.807, 2.05) is 0 Å². The lowest BCUT2D eigenvalue weighted by molar-refractivity contribution is 0.0699. The molecule has 1 unspecified atom stereocenters. The number of amides is 1. The first kappa shape index (κ1) is 12.6. The van der Waals surface area contributed by atoms with Crippen LogP contribution < -0.4 is 0 Å². The van der Waals surface area contributed by atoms with Crippen LogP contribution in [0.2, 0.25) is 0 Å². The topological polar surface area (TPSA) is 85.3 Å². The first-order chi connectivity index (χ1) is 10.2. The third-order valence-corrected chi connectivity index (χ3v) is 4.07. The standard InChI is InChI=1S/C14H16N4O3/c1-8-15-13(21-16-8)11-3-2-6-18(11)14(19)10-7-12(20-17-10)9-4-5-9/h7,9,11H,2-6H2,1H3. The summed E-state index contributed by atoms with van der Waals surface area (Å²) in [6.45, 7) is 2.45. The Hall–Kier alpha value is -2.18. The van der Waals surface area contributed by atoms with Gasteiger partial charge >= 0.3 is 0 Å². The van der Waals surface area contributed by atoms with E-state index in [4.69, 9.17) is 9.05 Å². The zero-order valence-electron chi connectivity index (χ0n) is 11.8. The van der Waals surface area contributed by atoms with Crippen molar-refractivity contribution in [2.24, 2.45) is 0 Å². The molecule has 0 aromatic carbocycles. The maximum absolute atomic E-state index is 12.6. The van der Waals surface area contributed by atoms with Crippen LogP contribution in [0, 0.1) is 6.92 Å². The number of hydrogen-bond acceptors (Lipinski definition) is 6. The highest BCUT2D eigenvalue weighted by Gasteiger charge is 2.36. The zero-order chi connectivity index (χ0) is 14.4. The number of aromatic nitrogens is 3. The molecular weight excluding hydrogens is 272 g/mol. The molecule has 1 saturated carbocycles. The van der Waals surface area contributed by atoms with Crippen molar-refractivity contribution in [2.45, 2.75) is 44.6 Å². The molecule has 2 aliphatic rings. The second-order valence-corrected chi connectivity index (χ2v) is 5.73. The predicted octanol–water partition coefficient (Wildman–Crippen LogP) is 2.22. The minimum absolute atomic E-state index is 0.121. The molecule has 1 aliphatic heterocycles. The highest BCUT2D eigenvalue weighted by molar-refractivity contribution is 5.92. The molecule has 2 aromatic heterocycles. The Morgan fingerprint density at radius 1 is 1.29 bits per heavy atom. The van der Waals surface area contributed by atoms with E-state index in [0.717, 1.165) is 31.4 Å². The van der Waals surface area contributed by atoms with E-state index < -0.39 is 0 Å². The van der Waals surface area contributed by atoms with Crippen molar-refractivity contribution >= 4 is 5.91 Å². The summed E-state index contributed by atoms with van der Waals surface area (Å²) in [7, 11) is 0. The monoisotopic (exact) mass is 288 g/mol. The third-order valence-electron chi connectivity index (χ3n) is 4.07. The molecule has 0 radical (unpaired) electrons. The Balaban J connectivity index is 1.56. The maximum atomic E-state index is 12.6. The first-order valence-electron chi connectivity index (χ1n) is 7.30. The van der Waals surface area contributed by atoms with E-state index in [2.05, 4.69) is 15.3 Å². The van der Waals surface area contributed by atoms with Crippen LogP contribution >= 0.6 is 0 Å². The first-order valence-corrected chi connectivity index (χ1v) is 7.30. The van der Waals surface area contributed by atoms with Gasteiger partial charge in [0.05, 0.1) is 0 Å². The molecule has 0 bridgehead atoms. The van der Waals surface area contributed by atoms with Gasteiger partial charge in [0.2, 0.25) is 5.89 Å². The van der Waals surface area contributed by atoms with E-state index in [1.54, 1.807) is 17.9 Å². The normalized spacial score (nSPS) is 22.0. The van der Waals surface area contributed by atoms with E-state index >= 15 is 0 Å². The summed E-state index contributed by atoms with van der Waals surface area (Å²) >= 11 is 0. The number of likely N-dealkylation sites (tertiary alicyclic amines) is 1. The number of hydrogen-bond donors (Lipinski definition) is 0. The quantitative estimate of drug-likeness (QED) is 0.860. The van der Waals surface area contributed by atoms with Crippen LogP contribution in [0.4, 0.5) is 0 Å². The lowest BCUT2D eigenvalue weighted by Gasteiger charge is -2.20. The molecule has 7 heteroatoms. The third kappa shape index (κ3) is 2.22. The van der Waals surface area contributed by atoms with Gasteiger partial charge in [-0.1, -0.05) is 10.3 Å². The van der Waals surface area contributed by atoms with Gasteiger partial charge in [0.15, 0.2) is 11.5 Å². The molecular formula is C14H16N4O3. The Morgan fingerprint density at radius 3 is 2.86 bits per heavy atom. The largest absolute Gasteiger partial charge is 0.360 e.